The lowest BCUT2D eigenvalue weighted by molar-refractivity contribution is 0.0960. The van der Waals surface area contributed by atoms with Crippen LogP contribution in [0.2, 0.25) is 0 Å². The number of carbonyl (C=O) groups is 1. The maximum Gasteiger partial charge on any atom is 0.263 e. The summed E-state index contributed by atoms with van der Waals surface area (Å²) in [5, 5.41) is 13.2. The second-order valence-corrected chi connectivity index (χ2v) is 7.62. The molecule has 0 saturated carbocycles. The zero-order chi connectivity index (χ0) is 22.2. The number of hydrogen-bond acceptors (Lipinski definition) is 6. The molecule has 158 valence electrons. The minimum Gasteiger partial charge on any atom is -0.340 e. The number of fused-ring (bicyclic) bond motifs is 2. The van der Waals surface area contributed by atoms with Gasteiger partial charge in [0.2, 0.25) is 0 Å². The van der Waals surface area contributed by atoms with Crippen molar-refractivity contribution in [3.63, 3.8) is 0 Å². The van der Waals surface area contributed by atoms with Gasteiger partial charge in [-0.15, -0.1) is 0 Å². The number of nitrogens with one attached hydrogen (secondary N) is 2. The molecule has 0 amide bonds. The lowest BCUT2D eigenvalue weighted by Crippen LogP contribution is -2.09. The van der Waals surface area contributed by atoms with E-state index in [4.69, 9.17) is 0 Å². The van der Waals surface area contributed by atoms with Crippen LogP contribution in [0.1, 0.15) is 10.4 Å². The molecule has 0 unspecified atom stereocenters. The number of H-pyrrole nitrogens is 1. The van der Waals surface area contributed by atoms with Crippen LogP contribution < -0.4 is 5.32 Å². The smallest absolute Gasteiger partial charge is 0.263 e. The fraction of sp³-hybridized carbons (Fsp3) is 0. The van der Waals surface area contributed by atoms with Crippen molar-refractivity contribution in [2.45, 2.75) is 0 Å². The quantitative estimate of drug-likeness (QED) is 0.416. The number of carbonyl (C=O) groups excluding carboxylic acids is 1. The minimum absolute atomic E-state index is 0.127. The Bertz CT molecular complexity index is 1620. The number of aromatic amines is 1. The van der Waals surface area contributed by atoms with Gasteiger partial charge in [-0.05, 0) is 47.9 Å². The summed E-state index contributed by atoms with van der Waals surface area (Å²) < 4.78 is 1.58. The highest BCUT2D eigenvalue weighted by atomic mass is 16.2. The normalized spacial score (nSPS) is 11.2. The molecule has 8 heteroatoms. The number of nitrogens with zero attached hydrogens (tertiary/aromatic N) is 5. The van der Waals surface area contributed by atoms with E-state index in [0.29, 0.717) is 17.2 Å². The van der Waals surface area contributed by atoms with E-state index in [2.05, 4.69) is 30.5 Å². The maximum atomic E-state index is 12.7. The van der Waals surface area contributed by atoms with Gasteiger partial charge in [0.1, 0.15) is 5.82 Å². The van der Waals surface area contributed by atoms with Crippen LogP contribution in [0.5, 0.6) is 0 Å². The van der Waals surface area contributed by atoms with E-state index in [1.165, 1.54) is 0 Å². The molecule has 0 bridgehead atoms. The predicted molar refractivity (Wildman–Crippen MR) is 126 cm³/mol. The van der Waals surface area contributed by atoms with Crippen molar-refractivity contribution >= 4 is 39.1 Å². The van der Waals surface area contributed by atoms with Crippen LogP contribution in [0.15, 0.2) is 91.8 Å². The Morgan fingerprint density at radius 3 is 2.76 bits per heavy atom. The number of aromatic nitrogens is 6. The first-order valence-corrected chi connectivity index (χ1v) is 10.3. The molecule has 2 aromatic carbocycles. The van der Waals surface area contributed by atoms with Gasteiger partial charge in [-0.2, -0.15) is 5.10 Å². The monoisotopic (exact) mass is 431 g/mol. The molecule has 8 nitrogen and oxygen atoms in total. The molecule has 0 radical (unpaired) electrons. The van der Waals surface area contributed by atoms with E-state index in [1.807, 2.05) is 54.9 Å². The van der Waals surface area contributed by atoms with E-state index in [-0.39, 0.29) is 5.91 Å². The molecule has 6 rings (SSSR count). The van der Waals surface area contributed by atoms with Gasteiger partial charge in [-0.25, -0.2) is 9.97 Å². The number of anilines is 2. The van der Waals surface area contributed by atoms with Crippen molar-refractivity contribution in [1.82, 2.24) is 29.7 Å². The predicted octanol–water partition coefficient (Wildman–Crippen LogP) is 4.80. The van der Waals surface area contributed by atoms with Crippen molar-refractivity contribution in [2.24, 2.45) is 0 Å². The van der Waals surface area contributed by atoms with Gasteiger partial charge in [0.15, 0.2) is 5.82 Å². The molecule has 0 spiro atoms. The fourth-order valence-electron chi connectivity index (χ4n) is 3.77. The molecular weight excluding hydrogens is 414 g/mol. The summed E-state index contributed by atoms with van der Waals surface area (Å²) in [5.74, 6) is 1.16. The third-order valence-electron chi connectivity index (χ3n) is 5.41. The Hall–Kier alpha value is -4.85. The number of pyridine rings is 1. The van der Waals surface area contributed by atoms with Gasteiger partial charge in [0.25, 0.3) is 5.91 Å². The molecule has 0 saturated heterocycles. The Balaban J connectivity index is 1.30. The van der Waals surface area contributed by atoms with Crippen LogP contribution >= 0.6 is 0 Å². The van der Waals surface area contributed by atoms with Gasteiger partial charge in [-0.3, -0.25) is 19.4 Å². The molecule has 4 aromatic heterocycles. The number of benzene rings is 2. The summed E-state index contributed by atoms with van der Waals surface area (Å²) in [4.78, 5) is 25.9. The summed E-state index contributed by atoms with van der Waals surface area (Å²) in [6.07, 6.45) is 10.4. The third kappa shape index (κ3) is 3.59. The Labute approximate surface area is 188 Å². The standard InChI is InChI=1S/C25H17N7O/c33-25(17-2-1-8-26-12-17)32-14-18-4-3-16(10-20(18)15-32)24-27-9-7-23(30-24)29-21-5-6-22-19(11-21)13-28-31-22/h1-15H,(H,28,31)(H,27,29,30). The molecular formula is C25H17N7O. The topological polar surface area (TPSA) is 101 Å². The number of hydrogen-bond donors (Lipinski definition) is 2. The average Bonchev–Trinajstić information content (AvgIpc) is 3.50. The lowest BCUT2D eigenvalue weighted by Gasteiger charge is -2.07. The van der Waals surface area contributed by atoms with Gasteiger partial charge in [-0.1, -0.05) is 12.1 Å². The van der Waals surface area contributed by atoms with Crippen LogP contribution in [-0.2, 0) is 0 Å². The molecule has 6 aromatic rings. The molecule has 0 aliphatic carbocycles. The van der Waals surface area contributed by atoms with Gasteiger partial charge < -0.3 is 5.32 Å². The van der Waals surface area contributed by atoms with Crippen LogP contribution in [0, 0.1) is 0 Å². The molecule has 4 heterocycles. The minimum atomic E-state index is -0.127. The zero-order valence-electron chi connectivity index (χ0n) is 17.3. The largest absolute Gasteiger partial charge is 0.340 e. The molecule has 0 aliphatic heterocycles. The van der Waals surface area contributed by atoms with Crippen molar-refractivity contribution in [2.75, 3.05) is 5.32 Å². The first kappa shape index (κ1) is 18.9. The highest BCUT2D eigenvalue weighted by molar-refractivity contribution is 5.99. The molecule has 0 fully saturated rings. The third-order valence-corrected chi connectivity index (χ3v) is 5.41. The van der Waals surface area contributed by atoms with E-state index < -0.39 is 0 Å². The average molecular weight is 431 g/mol. The van der Waals surface area contributed by atoms with Gasteiger partial charge >= 0.3 is 0 Å². The first-order chi connectivity index (χ1) is 16.2. The highest BCUT2D eigenvalue weighted by Gasteiger charge is 2.11. The van der Waals surface area contributed by atoms with Crippen LogP contribution in [0.3, 0.4) is 0 Å². The van der Waals surface area contributed by atoms with Crippen molar-refractivity contribution < 1.29 is 4.79 Å². The Kier molecular flexibility index (Phi) is 4.40. The fourth-order valence-corrected chi connectivity index (χ4v) is 3.77. The zero-order valence-corrected chi connectivity index (χ0v) is 17.3. The molecule has 33 heavy (non-hydrogen) atoms. The Morgan fingerprint density at radius 1 is 0.909 bits per heavy atom. The van der Waals surface area contributed by atoms with E-state index in [0.717, 1.165) is 32.9 Å². The summed E-state index contributed by atoms with van der Waals surface area (Å²) in [6.45, 7) is 0. The molecule has 0 aliphatic rings. The van der Waals surface area contributed by atoms with Gasteiger partial charge in [0.05, 0.1) is 17.3 Å². The van der Waals surface area contributed by atoms with Gasteiger partial charge in [0, 0.05) is 53.0 Å². The SMILES string of the molecule is O=C(c1cccnc1)n1cc2ccc(-c3nccc(Nc4ccc5[nH]ncc5c4)n3)cc2c1. The first-order valence-electron chi connectivity index (χ1n) is 10.3. The van der Waals surface area contributed by atoms with Crippen LogP contribution in [-0.4, -0.2) is 35.6 Å². The second kappa shape index (κ2) is 7.69. The van der Waals surface area contributed by atoms with Crippen LogP contribution in [0.4, 0.5) is 11.5 Å². The highest BCUT2D eigenvalue weighted by Crippen LogP contribution is 2.25. The van der Waals surface area contributed by atoms with E-state index in [9.17, 15) is 4.79 Å². The van der Waals surface area contributed by atoms with E-state index >= 15 is 0 Å². The summed E-state index contributed by atoms with van der Waals surface area (Å²) in [5.41, 5.74) is 3.29. The van der Waals surface area contributed by atoms with Crippen molar-refractivity contribution in [3.05, 3.63) is 97.3 Å². The number of rotatable bonds is 4. The lowest BCUT2D eigenvalue weighted by atomic mass is 10.1. The summed E-state index contributed by atoms with van der Waals surface area (Å²) >= 11 is 0. The summed E-state index contributed by atoms with van der Waals surface area (Å²) in [7, 11) is 0. The van der Waals surface area contributed by atoms with Crippen LogP contribution in [0.25, 0.3) is 33.1 Å². The second-order valence-electron chi connectivity index (χ2n) is 7.62. The molecule has 2 N–H and O–H groups in total. The molecule has 0 atom stereocenters. The van der Waals surface area contributed by atoms with Crippen molar-refractivity contribution in [1.29, 1.82) is 0 Å². The van der Waals surface area contributed by atoms with Crippen molar-refractivity contribution in [3.8, 4) is 11.4 Å². The Morgan fingerprint density at radius 2 is 1.85 bits per heavy atom. The maximum absolute atomic E-state index is 12.7. The van der Waals surface area contributed by atoms with E-state index in [1.54, 1.807) is 41.5 Å². The summed E-state index contributed by atoms with van der Waals surface area (Å²) in [6, 6.07) is 17.2.